The van der Waals surface area contributed by atoms with Gasteiger partial charge in [-0.3, -0.25) is 14.2 Å². The Hall–Kier alpha value is -3.32. The van der Waals surface area contributed by atoms with Gasteiger partial charge in [0.15, 0.2) is 0 Å². The number of hydrogen-bond acceptors (Lipinski definition) is 4. The number of benzene rings is 2. The van der Waals surface area contributed by atoms with Crippen LogP contribution in [0.3, 0.4) is 0 Å². The molecule has 2 atom stereocenters. The van der Waals surface area contributed by atoms with Crippen molar-refractivity contribution in [1.82, 2.24) is 9.88 Å². The molecule has 0 fully saturated rings. The van der Waals surface area contributed by atoms with Gasteiger partial charge < -0.3 is 15.5 Å². The zero-order valence-corrected chi connectivity index (χ0v) is 19.0. The molecule has 0 aliphatic rings. The highest BCUT2D eigenvalue weighted by Gasteiger charge is 2.35. The minimum Gasteiger partial charge on any atom is -0.508 e. The fourth-order valence-corrected chi connectivity index (χ4v) is 3.98. The Kier molecular flexibility index (Phi) is 6.32. The van der Waals surface area contributed by atoms with Crippen molar-refractivity contribution in [2.45, 2.75) is 45.6 Å². The fraction of sp³-hybridized carbons (Fsp3) is 0.292. The average Bonchev–Trinajstić information content (AvgIpc) is 3.03. The van der Waals surface area contributed by atoms with Crippen molar-refractivity contribution in [1.29, 1.82) is 0 Å². The molecule has 0 spiro atoms. The third-order valence-corrected chi connectivity index (χ3v) is 6.15. The molecule has 1 aromatic heterocycles. The minimum atomic E-state index is -1.42. The van der Waals surface area contributed by atoms with Gasteiger partial charge in [0, 0.05) is 21.7 Å². The van der Waals surface area contributed by atoms with Gasteiger partial charge in [0.05, 0.1) is 11.4 Å². The molecule has 168 valence electrons. The van der Waals surface area contributed by atoms with Crippen LogP contribution in [0.25, 0.3) is 10.9 Å². The van der Waals surface area contributed by atoms with Gasteiger partial charge in [-0.1, -0.05) is 24.6 Å². The molecule has 8 heteroatoms. The van der Waals surface area contributed by atoms with E-state index in [0.717, 1.165) is 0 Å². The predicted octanol–water partition coefficient (Wildman–Crippen LogP) is 4.47. The smallest absolute Gasteiger partial charge is 0.329 e. The van der Waals surface area contributed by atoms with Gasteiger partial charge in [0.2, 0.25) is 5.91 Å². The molecule has 3 rings (SSSR count). The molecule has 3 aromatic rings. The number of fused-ring (bicyclic) bond motifs is 1. The maximum atomic E-state index is 13.4. The van der Waals surface area contributed by atoms with Crippen LogP contribution >= 0.6 is 11.6 Å². The van der Waals surface area contributed by atoms with E-state index in [9.17, 15) is 24.6 Å². The third-order valence-electron chi connectivity index (χ3n) is 5.92. The van der Waals surface area contributed by atoms with E-state index in [4.69, 9.17) is 11.6 Å². The third kappa shape index (κ3) is 4.08. The first kappa shape index (κ1) is 23.3. The van der Waals surface area contributed by atoms with E-state index in [-0.39, 0.29) is 18.1 Å². The van der Waals surface area contributed by atoms with E-state index >= 15 is 0 Å². The highest BCUT2D eigenvalue weighted by Crippen LogP contribution is 2.35. The van der Waals surface area contributed by atoms with E-state index in [1.54, 1.807) is 51.1 Å². The number of rotatable bonds is 6. The molecule has 32 heavy (non-hydrogen) atoms. The van der Waals surface area contributed by atoms with Gasteiger partial charge in [0.1, 0.15) is 11.3 Å². The second-order valence-electron chi connectivity index (χ2n) is 8.05. The number of amides is 1. The van der Waals surface area contributed by atoms with Crippen LogP contribution in [0, 0.1) is 6.92 Å². The second kappa shape index (κ2) is 8.67. The van der Waals surface area contributed by atoms with Crippen molar-refractivity contribution in [3.05, 3.63) is 64.3 Å². The van der Waals surface area contributed by atoms with Crippen LogP contribution in [-0.2, 0) is 9.59 Å². The lowest BCUT2D eigenvalue weighted by Crippen LogP contribution is -2.52. The number of hydrogen-bond donors (Lipinski definition) is 3. The first-order chi connectivity index (χ1) is 15.0. The van der Waals surface area contributed by atoms with E-state index < -0.39 is 23.3 Å². The molecule has 2 aromatic carbocycles. The summed E-state index contributed by atoms with van der Waals surface area (Å²) in [6.07, 6.45) is 0.204. The van der Waals surface area contributed by atoms with E-state index in [1.807, 2.05) is 0 Å². The summed E-state index contributed by atoms with van der Waals surface area (Å²) >= 11 is 6.06. The summed E-state index contributed by atoms with van der Waals surface area (Å²) in [6.45, 7) is 6.49. The van der Waals surface area contributed by atoms with Crippen molar-refractivity contribution in [3.8, 4) is 5.75 Å². The zero-order valence-electron chi connectivity index (χ0n) is 18.3. The molecule has 3 N–H and O–H groups in total. The van der Waals surface area contributed by atoms with E-state index in [1.165, 1.54) is 23.6 Å². The summed E-state index contributed by atoms with van der Waals surface area (Å²) in [6, 6.07) is 11.1. The van der Waals surface area contributed by atoms with Crippen LogP contribution in [0.15, 0.2) is 42.5 Å². The summed E-state index contributed by atoms with van der Waals surface area (Å²) in [4.78, 5) is 38.0. The zero-order chi connectivity index (χ0) is 23.8. The fourth-order valence-electron chi connectivity index (χ4n) is 3.79. The highest BCUT2D eigenvalue weighted by atomic mass is 35.5. The van der Waals surface area contributed by atoms with Crippen molar-refractivity contribution in [3.63, 3.8) is 0 Å². The van der Waals surface area contributed by atoms with E-state index in [2.05, 4.69) is 5.32 Å². The second-order valence-corrected chi connectivity index (χ2v) is 8.49. The maximum Gasteiger partial charge on any atom is 0.329 e. The minimum absolute atomic E-state index is 0.0114. The largest absolute Gasteiger partial charge is 0.508 e. The van der Waals surface area contributed by atoms with Crippen molar-refractivity contribution < 1.29 is 24.6 Å². The lowest BCUT2D eigenvalue weighted by molar-refractivity contribution is -0.147. The Labute approximate surface area is 190 Å². The Morgan fingerprint density at radius 3 is 2.47 bits per heavy atom. The summed E-state index contributed by atoms with van der Waals surface area (Å²) < 4.78 is 1.48. The Morgan fingerprint density at radius 2 is 1.88 bits per heavy atom. The molecule has 1 heterocycles. The van der Waals surface area contributed by atoms with Crippen LogP contribution in [0.4, 0.5) is 0 Å². The van der Waals surface area contributed by atoms with Gasteiger partial charge in [0.25, 0.3) is 5.91 Å². The normalized spacial score (nSPS) is 14.0. The topological polar surface area (TPSA) is 109 Å². The van der Waals surface area contributed by atoms with E-state index in [0.29, 0.717) is 32.7 Å². The lowest BCUT2D eigenvalue weighted by Gasteiger charge is -2.26. The molecule has 0 saturated heterocycles. The number of phenolic OH excluding ortho intramolecular Hbond substituents is 1. The number of carbonyl (C=O) groups excluding carboxylic acids is 2. The number of aliphatic carboxylic acids is 1. The number of phenols is 1. The van der Waals surface area contributed by atoms with Crippen LogP contribution < -0.4 is 5.32 Å². The summed E-state index contributed by atoms with van der Waals surface area (Å²) in [7, 11) is 0. The predicted molar refractivity (Wildman–Crippen MR) is 122 cm³/mol. The SMILES string of the molecule is CCC(C)(NC(=O)C(C)c1c(C)n(C(=O)c2cccc(Cl)c2)c2ccc(O)cc12)C(=O)O. The van der Waals surface area contributed by atoms with Gasteiger partial charge in [-0.05, 0) is 69.2 Å². The summed E-state index contributed by atoms with van der Waals surface area (Å²) in [5.74, 6) is -2.74. The standard InChI is InChI=1S/C24H25ClN2O5/c1-5-24(4,23(31)32)26-21(29)13(2)20-14(3)27(19-10-9-17(28)12-18(19)20)22(30)15-7-6-8-16(25)11-15/h6-13,28H,5H2,1-4H3,(H,26,29)(H,31,32). The first-order valence-electron chi connectivity index (χ1n) is 10.2. The molecule has 0 saturated carbocycles. The highest BCUT2D eigenvalue weighted by molar-refractivity contribution is 6.31. The molecule has 0 radical (unpaired) electrons. The van der Waals surface area contributed by atoms with Gasteiger partial charge in [-0.15, -0.1) is 0 Å². The average molecular weight is 457 g/mol. The van der Waals surface area contributed by atoms with Crippen LogP contribution in [0.5, 0.6) is 5.75 Å². The number of aromatic nitrogens is 1. The lowest BCUT2D eigenvalue weighted by atomic mass is 9.93. The maximum absolute atomic E-state index is 13.4. The van der Waals surface area contributed by atoms with Gasteiger partial charge >= 0.3 is 5.97 Å². The number of carbonyl (C=O) groups is 3. The summed E-state index contributed by atoms with van der Waals surface area (Å²) in [5, 5.41) is 23.2. The van der Waals surface area contributed by atoms with Crippen LogP contribution in [0.2, 0.25) is 5.02 Å². The molecule has 0 aliphatic carbocycles. The molecule has 1 amide bonds. The van der Waals surface area contributed by atoms with Gasteiger partial charge in [-0.2, -0.15) is 0 Å². The van der Waals surface area contributed by atoms with Crippen molar-refractivity contribution in [2.24, 2.45) is 0 Å². The molecular formula is C24H25ClN2O5. The van der Waals surface area contributed by atoms with Crippen molar-refractivity contribution >= 4 is 40.3 Å². The molecular weight excluding hydrogens is 432 g/mol. The number of carboxylic acids is 1. The molecule has 0 bridgehead atoms. The number of carboxylic acid groups (broad SMARTS) is 1. The van der Waals surface area contributed by atoms with Gasteiger partial charge in [-0.25, -0.2) is 4.79 Å². The Morgan fingerprint density at radius 1 is 1.19 bits per heavy atom. The summed E-state index contributed by atoms with van der Waals surface area (Å²) in [5.41, 5.74) is 0.533. The molecule has 0 aliphatic heterocycles. The molecule has 2 unspecified atom stereocenters. The quantitative estimate of drug-likeness (QED) is 0.507. The van der Waals surface area contributed by atoms with Crippen molar-refractivity contribution in [2.75, 3.05) is 0 Å². The number of aromatic hydroxyl groups is 1. The number of nitrogens with zero attached hydrogens (tertiary/aromatic N) is 1. The monoisotopic (exact) mass is 456 g/mol. The molecule has 7 nitrogen and oxygen atoms in total. The number of halogens is 1. The number of nitrogens with one attached hydrogen (secondary N) is 1. The van der Waals surface area contributed by atoms with Crippen LogP contribution in [-0.4, -0.2) is 38.1 Å². The van der Waals surface area contributed by atoms with Crippen LogP contribution in [0.1, 0.15) is 54.7 Å². The Bertz CT molecular complexity index is 1230. The Balaban J connectivity index is 2.15. The first-order valence-corrected chi connectivity index (χ1v) is 10.6.